The van der Waals surface area contributed by atoms with Crippen LogP contribution in [0.25, 0.3) is 0 Å². The van der Waals surface area contributed by atoms with E-state index < -0.39 is 0 Å². The minimum absolute atomic E-state index is 0.0720. The topological polar surface area (TPSA) is 53.5 Å². The van der Waals surface area contributed by atoms with Crippen molar-refractivity contribution in [2.45, 2.75) is 19.4 Å². The number of piperidine rings is 1. The quantitative estimate of drug-likeness (QED) is 0.776. The molecule has 1 aromatic rings. The van der Waals surface area contributed by atoms with Crippen molar-refractivity contribution in [1.82, 2.24) is 5.32 Å². The smallest absolute Gasteiger partial charge is 0.126 e. The van der Waals surface area contributed by atoms with Gasteiger partial charge in [-0.05, 0) is 37.9 Å². The first kappa shape index (κ1) is 14.4. The Balaban J connectivity index is 2.02. The van der Waals surface area contributed by atoms with Crippen LogP contribution in [-0.4, -0.2) is 31.9 Å². The van der Waals surface area contributed by atoms with Gasteiger partial charge in [-0.15, -0.1) is 0 Å². The van der Waals surface area contributed by atoms with Gasteiger partial charge in [-0.2, -0.15) is 0 Å². The summed E-state index contributed by atoms with van der Waals surface area (Å²) < 4.78 is 5.26. The average molecular weight is 285 g/mol. The van der Waals surface area contributed by atoms with Crippen molar-refractivity contribution in [3.63, 3.8) is 0 Å². The van der Waals surface area contributed by atoms with Crippen LogP contribution < -0.4 is 15.4 Å². The fraction of sp³-hybridized carbons (Fsp3) is 0.571. The largest absolute Gasteiger partial charge is 0.496 e. The van der Waals surface area contributed by atoms with Crippen LogP contribution in [0.1, 0.15) is 18.4 Å². The molecule has 0 aromatic heterocycles. The van der Waals surface area contributed by atoms with Gasteiger partial charge in [-0.3, -0.25) is 0 Å². The lowest BCUT2D eigenvalue weighted by atomic mass is 9.98. The summed E-state index contributed by atoms with van der Waals surface area (Å²) in [7, 11) is 1.60. The van der Waals surface area contributed by atoms with Crippen LogP contribution in [-0.2, 0) is 6.61 Å². The van der Waals surface area contributed by atoms with E-state index in [0.29, 0.717) is 22.3 Å². The fourth-order valence-corrected chi connectivity index (χ4v) is 2.64. The zero-order valence-corrected chi connectivity index (χ0v) is 12.0. The van der Waals surface area contributed by atoms with E-state index in [4.69, 9.17) is 16.3 Å². The van der Waals surface area contributed by atoms with Gasteiger partial charge in [0, 0.05) is 18.2 Å². The minimum Gasteiger partial charge on any atom is -0.496 e. The highest BCUT2D eigenvalue weighted by Crippen LogP contribution is 2.31. The molecule has 1 aliphatic heterocycles. The Morgan fingerprint density at radius 3 is 2.79 bits per heavy atom. The summed E-state index contributed by atoms with van der Waals surface area (Å²) in [6, 6.07) is 3.61. The highest BCUT2D eigenvalue weighted by atomic mass is 35.5. The molecule has 5 heteroatoms. The number of rotatable bonds is 5. The minimum atomic E-state index is -0.0720. The highest BCUT2D eigenvalue weighted by Gasteiger charge is 2.14. The van der Waals surface area contributed by atoms with Crippen molar-refractivity contribution in [2.24, 2.45) is 5.92 Å². The molecule has 106 valence electrons. The monoisotopic (exact) mass is 284 g/mol. The van der Waals surface area contributed by atoms with E-state index in [1.165, 1.54) is 12.8 Å². The molecule has 0 aliphatic carbocycles. The number of aliphatic hydroxyl groups excluding tert-OH is 1. The molecule has 0 atom stereocenters. The molecule has 1 aliphatic rings. The van der Waals surface area contributed by atoms with Gasteiger partial charge >= 0.3 is 0 Å². The Bertz CT molecular complexity index is 420. The number of ether oxygens (including phenoxy) is 1. The second kappa shape index (κ2) is 6.98. The number of hydrogen-bond donors (Lipinski definition) is 3. The van der Waals surface area contributed by atoms with Crippen molar-refractivity contribution in [3.05, 3.63) is 22.7 Å². The van der Waals surface area contributed by atoms with E-state index in [-0.39, 0.29) is 6.61 Å². The second-order valence-corrected chi connectivity index (χ2v) is 5.28. The van der Waals surface area contributed by atoms with Gasteiger partial charge < -0.3 is 20.5 Å². The summed E-state index contributed by atoms with van der Waals surface area (Å²) in [5.41, 5.74) is 1.58. The normalized spacial score (nSPS) is 16.4. The molecule has 0 radical (unpaired) electrons. The third-order valence-corrected chi connectivity index (χ3v) is 3.89. The van der Waals surface area contributed by atoms with Crippen LogP contribution in [0.5, 0.6) is 5.75 Å². The zero-order chi connectivity index (χ0) is 13.7. The average Bonchev–Trinajstić information content (AvgIpc) is 2.46. The predicted molar refractivity (Wildman–Crippen MR) is 78.0 cm³/mol. The summed E-state index contributed by atoms with van der Waals surface area (Å²) in [5.74, 6) is 1.35. The number of hydrogen-bond acceptors (Lipinski definition) is 4. The number of halogens is 1. The van der Waals surface area contributed by atoms with Gasteiger partial charge in [-0.25, -0.2) is 0 Å². The van der Waals surface area contributed by atoms with Crippen LogP contribution >= 0.6 is 11.6 Å². The third kappa shape index (κ3) is 3.75. The third-order valence-electron chi connectivity index (χ3n) is 3.58. The van der Waals surface area contributed by atoms with Gasteiger partial charge in [0.05, 0.1) is 24.4 Å². The molecule has 1 fully saturated rings. The lowest BCUT2D eigenvalue weighted by molar-refractivity contribution is 0.274. The van der Waals surface area contributed by atoms with E-state index in [2.05, 4.69) is 10.6 Å². The Hall–Kier alpha value is -0.970. The number of anilines is 1. The zero-order valence-electron chi connectivity index (χ0n) is 11.2. The van der Waals surface area contributed by atoms with Crippen molar-refractivity contribution in [2.75, 3.05) is 32.1 Å². The van der Waals surface area contributed by atoms with Crippen molar-refractivity contribution in [1.29, 1.82) is 0 Å². The summed E-state index contributed by atoms with van der Waals surface area (Å²) in [5, 5.41) is 16.6. The number of benzene rings is 1. The van der Waals surface area contributed by atoms with E-state index in [1.807, 2.05) is 6.07 Å². The predicted octanol–water partition coefficient (Wildman–Crippen LogP) is 2.25. The van der Waals surface area contributed by atoms with Crippen LogP contribution in [0.15, 0.2) is 12.1 Å². The molecule has 1 aromatic carbocycles. The lowest BCUT2D eigenvalue weighted by Gasteiger charge is -2.23. The summed E-state index contributed by atoms with van der Waals surface area (Å²) in [6.45, 7) is 3.03. The van der Waals surface area contributed by atoms with Gasteiger partial charge in [-0.1, -0.05) is 11.6 Å². The molecular weight excluding hydrogens is 264 g/mol. The van der Waals surface area contributed by atoms with Crippen LogP contribution in [0, 0.1) is 5.92 Å². The molecule has 4 nitrogen and oxygen atoms in total. The molecule has 0 spiro atoms. The maximum absolute atomic E-state index is 9.23. The highest BCUT2D eigenvalue weighted by molar-refractivity contribution is 6.33. The van der Waals surface area contributed by atoms with E-state index >= 15 is 0 Å². The first-order valence-electron chi connectivity index (χ1n) is 6.66. The molecule has 1 heterocycles. The Morgan fingerprint density at radius 1 is 1.42 bits per heavy atom. The maximum Gasteiger partial charge on any atom is 0.126 e. The van der Waals surface area contributed by atoms with E-state index in [9.17, 15) is 5.11 Å². The molecular formula is C14H21ClN2O2. The van der Waals surface area contributed by atoms with Crippen LogP contribution in [0.4, 0.5) is 5.69 Å². The maximum atomic E-state index is 9.23. The van der Waals surface area contributed by atoms with E-state index in [0.717, 1.165) is 25.3 Å². The second-order valence-electron chi connectivity index (χ2n) is 4.88. The van der Waals surface area contributed by atoms with Gasteiger partial charge in [0.15, 0.2) is 0 Å². The molecule has 0 saturated carbocycles. The van der Waals surface area contributed by atoms with Gasteiger partial charge in [0.1, 0.15) is 5.75 Å². The van der Waals surface area contributed by atoms with Gasteiger partial charge in [0.2, 0.25) is 0 Å². The SMILES string of the molecule is COc1cc(NCC2CCNCC2)c(Cl)cc1CO. The molecule has 1 saturated heterocycles. The van der Waals surface area contributed by atoms with Crippen LogP contribution in [0.2, 0.25) is 5.02 Å². The lowest BCUT2D eigenvalue weighted by Crippen LogP contribution is -2.31. The molecule has 2 rings (SSSR count). The fourth-order valence-electron chi connectivity index (χ4n) is 2.38. The molecule has 19 heavy (non-hydrogen) atoms. The summed E-state index contributed by atoms with van der Waals surface area (Å²) >= 11 is 6.21. The number of aliphatic hydroxyl groups is 1. The Kier molecular flexibility index (Phi) is 5.31. The van der Waals surface area contributed by atoms with Crippen molar-refractivity contribution < 1.29 is 9.84 Å². The standard InChI is InChI=1S/C14H21ClN2O2/c1-19-14-7-13(12(15)6-11(14)9-18)17-8-10-2-4-16-5-3-10/h6-7,10,16-18H,2-5,8-9H2,1H3. The summed E-state index contributed by atoms with van der Waals surface area (Å²) in [4.78, 5) is 0. The Labute approximate surface area is 119 Å². The van der Waals surface area contributed by atoms with E-state index in [1.54, 1.807) is 13.2 Å². The number of methoxy groups -OCH3 is 1. The molecule has 0 unspecified atom stereocenters. The molecule has 0 amide bonds. The van der Waals surface area contributed by atoms with Crippen molar-refractivity contribution in [3.8, 4) is 5.75 Å². The first-order valence-corrected chi connectivity index (χ1v) is 7.04. The Morgan fingerprint density at radius 2 is 2.16 bits per heavy atom. The molecule has 0 bridgehead atoms. The van der Waals surface area contributed by atoms with Crippen LogP contribution in [0.3, 0.4) is 0 Å². The molecule has 3 N–H and O–H groups in total. The number of nitrogens with one attached hydrogen (secondary N) is 2. The first-order chi connectivity index (χ1) is 9.24. The summed E-state index contributed by atoms with van der Waals surface area (Å²) in [6.07, 6.45) is 2.38. The van der Waals surface area contributed by atoms with Crippen molar-refractivity contribution >= 4 is 17.3 Å². The van der Waals surface area contributed by atoms with Gasteiger partial charge in [0.25, 0.3) is 0 Å².